The number of hydroxylamine groups is 2. The van der Waals surface area contributed by atoms with Crippen LogP contribution in [0.5, 0.6) is 0 Å². The zero-order chi connectivity index (χ0) is 17.2. The molecule has 1 unspecified atom stereocenters. The number of likely N-dealkylation sites (tertiary alicyclic amines) is 1. The van der Waals surface area contributed by atoms with Gasteiger partial charge in [0.05, 0.1) is 25.0 Å². The highest BCUT2D eigenvalue weighted by atomic mass is 16.5. The molecular weight excluding hydrogens is 300 g/mol. The van der Waals surface area contributed by atoms with Crippen LogP contribution in [0.3, 0.4) is 0 Å². The largest absolute Gasteiger partial charge is 0.466 e. The standard InChI is InChI=1S/C16H28N2O5/c1-3-5-7-13(11-18(22)12-19)15(20)17-9-6-8-14(10-17)16(21)23-4-2/h12-14,22H,3-11H2,1-2H3/t13-,14?/m1/s1. The van der Waals surface area contributed by atoms with Crippen molar-refractivity contribution in [3.63, 3.8) is 0 Å². The van der Waals surface area contributed by atoms with Crippen molar-refractivity contribution in [2.24, 2.45) is 11.8 Å². The van der Waals surface area contributed by atoms with Crippen molar-refractivity contribution in [3.05, 3.63) is 0 Å². The van der Waals surface area contributed by atoms with E-state index in [-0.39, 0.29) is 24.3 Å². The first-order valence-corrected chi connectivity index (χ1v) is 8.39. The number of carbonyl (C=O) groups is 3. The van der Waals surface area contributed by atoms with Crippen molar-refractivity contribution in [1.29, 1.82) is 0 Å². The van der Waals surface area contributed by atoms with Crippen LogP contribution in [0.2, 0.25) is 0 Å². The Bertz CT molecular complexity index is 402. The quantitative estimate of drug-likeness (QED) is 0.299. The smallest absolute Gasteiger partial charge is 0.310 e. The van der Waals surface area contributed by atoms with Gasteiger partial charge in [-0.05, 0) is 26.2 Å². The lowest BCUT2D eigenvalue weighted by Gasteiger charge is -2.34. The Morgan fingerprint density at radius 3 is 2.78 bits per heavy atom. The molecule has 0 aliphatic carbocycles. The third-order valence-electron chi connectivity index (χ3n) is 4.14. The fourth-order valence-corrected chi connectivity index (χ4v) is 2.90. The van der Waals surface area contributed by atoms with Crippen molar-refractivity contribution >= 4 is 18.3 Å². The summed E-state index contributed by atoms with van der Waals surface area (Å²) in [5, 5.41) is 9.92. The summed E-state index contributed by atoms with van der Waals surface area (Å²) in [6, 6.07) is 0. The molecule has 1 aliphatic heterocycles. The highest BCUT2D eigenvalue weighted by Gasteiger charge is 2.32. The number of ether oxygens (including phenoxy) is 1. The second-order valence-electron chi connectivity index (χ2n) is 5.94. The number of nitrogens with zero attached hydrogens (tertiary/aromatic N) is 2. The summed E-state index contributed by atoms with van der Waals surface area (Å²) in [5.74, 6) is -1.08. The molecule has 0 radical (unpaired) electrons. The minimum atomic E-state index is -0.439. The highest BCUT2D eigenvalue weighted by Crippen LogP contribution is 2.22. The van der Waals surface area contributed by atoms with E-state index >= 15 is 0 Å². The van der Waals surface area contributed by atoms with Crippen molar-refractivity contribution in [1.82, 2.24) is 9.96 Å². The zero-order valence-corrected chi connectivity index (χ0v) is 14.1. The zero-order valence-electron chi connectivity index (χ0n) is 14.1. The van der Waals surface area contributed by atoms with Gasteiger partial charge in [-0.2, -0.15) is 0 Å². The lowest BCUT2D eigenvalue weighted by Crippen LogP contribution is -2.47. The highest BCUT2D eigenvalue weighted by molar-refractivity contribution is 5.81. The molecule has 2 amide bonds. The van der Waals surface area contributed by atoms with Gasteiger partial charge in [-0.3, -0.25) is 19.6 Å². The number of piperidine rings is 1. The maximum Gasteiger partial charge on any atom is 0.310 e. The monoisotopic (exact) mass is 328 g/mol. The molecule has 23 heavy (non-hydrogen) atoms. The molecular formula is C16H28N2O5. The summed E-state index contributed by atoms with van der Waals surface area (Å²) in [4.78, 5) is 36.9. The van der Waals surface area contributed by atoms with Gasteiger partial charge in [0.25, 0.3) is 0 Å². The van der Waals surface area contributed by atoms with Crippen molar-refractivity contribution in [2.75, 3.05) is 26.2 Å². The average Bonchev–Trinajstić information content (AvgIpc) is 2.58. The van der Waals surface area contributed by atoms with Gasteiger partial charge in [-0.25, -0.2) is 5.06 Å². The molecule has 0 spiro atoms. The van der Waals surface area contributed by atoms with Gasteiger partial charge < -0.3 is 9.64 Å². The fraction of sp³-hybridized carbons (Fsp3) is 0.812. The lowest BCUT2D eigenvalue weighted by atomic mass is 9.94. The van der Waals surface area contributed by atoms with Gasteiger partial charge in [0.1, 0.15) is 0 Å². The second kappa shape index (κ2) is 10.2. The maximum atomic E-state index is 12.7. The van der Waals surface area contributed by atoms with Gasteiger partial charge in [-0.1, -0.05) is 19.8 Å². The molecule has 132 valence electrons. The van der Waals surface area contributed by atoms with Crippen LogP contribution < -0.4 is 0 Å². The van der Waals surface area contributed by atoms with Crippen LogP contribution in [0.1, 0.15) is 46.0 Å². The van der Waals surface area contributed by atoms with Gasteiger partial charge in [0.2, 0.25) is 12.3 Å². The number of esters is 1. The predicted octanol–water partition coefficient (Wildman–Crippen LogP) is 1.44. The van der Waals surface area contributed by atoms with E-state index in [0.717, 1.165) is 25.7 Å². The molecule has 1 fully saturated rings. The van der Waals surface area contributed by atoms with E-state index in [1.807, 2.05) is 6.92 Å². The van der Waals surface area contributed by atoms with Crippen molar-refractivity contribution in [2.45, 2.75) is 46.0 Å². The third kappa shape index (κ3) is 6.17. The van der Waals surface area contributed by atoms with E-state index in [9.17, 15) is 19.6 Å². The van der Waals surface area contributed by atoms with Crippen LogP contribution >= 0.6 is 0 Å². The first-order chi connectivity index (χ1) is 11.0. The number of unbranched alkanes of at least 4 members (excludes halogenated alkanes) is 1. The molecule has 0 saturated carbocycles. The first-order valence-electron chi connectivity index (χ1n) is 8.39. The maximum absolute atomic E-state index is 12.7. The van der Waals surface area contributed by atoms with Crippen molar-refractivity contribution < 1.29 is 24.3 Å². The van der Waals surface area contributed by atoms with E-state index < -0.39 is 5.92 Å². The fourth-order valence-electron chi connectivity index (χ4n) is 2.90. The van der Waals surface area contributed by atoms with Crippen LogP contribution in [0.25, 0.3) is 0 Å². The van der Waals surface area contributed by atoms with Crippen LogP contribution in [0, 0.1) is 11.8 Å². The summed E-state index contributed by atoms with van der Waals surface area (Å²) in [7, 11) is 0. The molecule has 1 saturated heterocycles. The Morgan fingerprint density at radius 2 is 2.17 bits per heavy atom. The first kappa shape index (κ1) is 19.4. The number of hydrogen-bond acceptors (Lipinski definition) is 5. The van der Waals surface area contributed by atoms with E-state index in [4.69, 9.17) is 4.74 Å². The Hall–Kier alpha value is -1.63. The minimum Gasteiger partial charge on any atom is -0.466 e. The molecule has 1 heterocycles. The normalized spacial score (nSPS) is 19.1. The van der Waals surface area contributed by atoms with Gasteiger partial charge in [0, 0.05) is 13.1 Å². The van der Waals surface area contributed by atoms with Gasteiger partial charge >= 0.3 is 5.97 Å². The lowest BCUT2D eigenvalue weighted by molar-refractivity contribution is -0.158. The molecule has 1 N–H and O–H groups in total. The molecule has 1 aliphatic rings. The number of rotatable bonds is 9. The molecule has 2 atom stereocenters. The number of carbonyl (C=O) groups excluding carboxylic acids is 3. The Kier molecular flexibility index (Phi) is 8.61. The van der Waals surface area contributed by atoms with Crippen LogP contribution in [0.4, 0.5) is 0 Å². The third-order valence-corrected chi connectivity index (χ3v) is 4.14. The molecule has 0 aromatic heterocycles. The Balaban J connectivity index is 2.69. The summed E-state index contributed by atoms with van der Waals surface area (Å²) < 4.78 is 5.05. The number of hydrogen-bond donors (Lipinski definition) is 1. The Morgan fingerprint density at radius 1 is 1.43 bits per heavy atom. The summed E-state index contributed by atoms with van der Waals surface area (Å²) in [6.45, 7) is 5.07. The van der Waals surface area contributed by atoms with Gasteiger partial charge in [-0.15, -0.1) is 0 Å². The predicted molar refractivity (Wildman–Crippen MR) is 83.5 cm³/mol. The Labute approximate surface area is 137 Å². The summed E-state index contributed by atoms with van der Waals surface area (Å²) in [6.07, 6.45) is 4.18. The van der Waals surface area contributed by atoms with Crippen LogP contribution in [-0.4, -0.2) is 59.7 Å². The van der Waals surface area contributed by atoms with Crippen LogP contribution in [-0.2, 0) is 19.1 Å². The van der Waals surface area contributed by atoms with Gasteiger partial charge in [0.15, 0.2) is 0 Å². The minimum absolute atomic E-state index is 0.0110. The number of amides is 2. The van der Waals surface area contributed by atoms with E-state index in [2.05, 4.69) is 0 Å². The van der Waals surface area contributed by atoms with E-state index in [0.29, 0.717) is 37.6 Å². The summed E-state index contributed by atoms with van der Waals surface area (Å²) in [5.41, 5.74) is 0. The molecule has 7 nitrogen and oxygen atoms in total. The topological polar surface area (TPSA) is 87.2 Å². The van der Waals surface area contributed by atoms with Crippen LogP contribution in [0.15, 0.2) is 0 Å². The van der Waals surface area contributed by atoms with E-state index in [1.54, 1.807) is 11.8 Å². The molecule has 1 rings (SSSR count). The molecule has 0 bridgehead atoms. The molecule has 0 aromatic carbocycles. The average molecular weight is 328 g/mol. The van der Waals surface area contributed by atoms with Crippen molar-refractivity contribution in [3.8, 4) is 0 Å². The second-order valence-corrected chi connectivity index (χ2v) is 5.94. The molecule has 0 aromatic rings. The SMILES string of the molecule is CCCC[C@H](CN(O)C=O)C(=O)N1CCCC(C(=O)OCC)C1. The molecule has 7 heteroatoms. The summed E-state index contributed by atoms with van der Waals surface area (Å²) >= 11 is 0. The van der Waals surface area contributed by atoms with E-state index in [1.165, 1.54) is 0 Å².